The summed E-state index contributed by atoms with van der Waals surface area (Å²) in [5.74, 6) is 0.184. The smallest absolute Gasteiger partial charge is 0.291 e. The Morgan fingerprint density at radius 1 is 0.939 bits per heavy atom. The third-order valence-electron chi connectivity index (χ3n) is 5.63. The number of methoxy groups -OCH3 is 1. The Morgan fingerprint density at radius 3 is 2.48 bits per heavy atom. The number of hydrogen-bond acceptors (Lipinski definition) is 4. The maximum absolute atomic E-state index is 13.5. The molecule has 0 fully saturated rings. The van der Waals surface area contributed by atoms with E-state index in [9.17, 15) is 9.59 Å². The van der Waals surface area contributed by atoms with E-state index in [0.29, 0.717) is 23.5 Å². The third kappa shape index (κ3) is 3.85. The van der Waals surface area contributed by atoms with E-state index >= 15 is 0 Å². The van der Waals surface area contributed by atoms with Crippen LogP contribution in [0.15, 0.2) is 89.9 Å². The molecule has 1 amide bonds. The monoisotopic (exact) mass is 438 g/mol. The molecule has 0 spiro atoms. The number of nitrogens with one attached hydrogen (secondary N) is 1. The lowest BCUT2D eigenvalue weighted by Crippen LogP contribution is -2.30. The molecule has 0 saturated carbocycles. The maximum atomic E-state index is 13.5. The molecule has 0 unspecified atom stereocenters. The summed E-state index contributed by atoms with van der Waals surface area (Å²) in [6.07, 6.45) is 1.66. The van der Waals surface area contributed by atoms with Gasteiger partial charge >= 0.3 is 0 Å². The summed E-state index contributed by atoms with van der Waals surface area (Å²) < 4.78 is 8.48. The van der Waals surface area contributed by atoms with Gasteiger partial charge in [-0.1, -0.05) is 60.7 Å². The minimum atomic E-state index is -0.362. The predicted molar refractivity (Wildman–Crippen MR) is 129 cm³/mol. The molecule has 1 N–H and O–H groups in total. The summed E-state index contributed by atoms with van der Waals surface area (Å²) in [4.78, 5) is 26.2. The summed E-state index contributed by atoms with van der Waals surface area (Å²) in [5.41, 5.74) is 2.79. The Labute approximate surface area is 189 Å². The normalized spacial score (nSPS) is 11.1. The topological polar surface area (TPSA) is 78.2 Å². The molecule has 0 atom stereocenters. The zero-order valence-electron chi connectivity index (χ0n) is 18.1. The van der Waals surface area contributed by atoms with Crippen LogP contribution in [0.5, 0.6) is 5.75 Å². The summed E-state index contributed by atoms with van der Waals surface area (Å²) in [6.45, 7) is 0.331. The molecular weight excluding hydrogens is 416 g/mol. The Hall–Kier alpha value is -4.39. The fraction of sp³-hybridized carbons (Fsp3) is 0.115. The van der Waals surface area contributed by atoms with E-state index in [4.69, 9.17) is 4.74 Å². The Morgan fingerprint density at radius 2 is 1.67 bits per heavy atom. The van der Waals surface area contributed by atoms with Crippen LogP contribution in [0.3, 0.4) is 0 Å². The average Bonchev–Trinajstić information content (AvgIpc) is 3.16. The first-order valence-corrected chi connectivity index (χ1v) is 10.6. The highest BCUT2D eigenvalue weighted by Crippen LogP contribution is 2.27. The number of para-hydroxylation sites is 3. The maximum Gasteiger partial charge on any atom is 0.291 e. The molecule has 0 saturated heterocycles. The second-order valence-electron chi connectivity index (χ2n) is 7.71. The van der Waals surface area contributed by atoms with Gasteiger partial charge in [-0.2, -0.15) is 5.10 Å². The van der Waals surface area contributed by atoms with Gasteiger partial charge in [-0.25, -0.2) is 4.68 Å². The van der Waals surface area contributed by atoms with Crippen molar-refractivity contribution in [2.45, 2.75) is 13.1 Å². The van der Waals surface area contributed by atoms with Crippen molar-refractivity contribution >= 4 is 33.4 Å². The first-order chi connectivity index (χ1) is 16.2. The van der Waals surface area contributed by atoms with Crippen LogP contribution in [0.1, 0.15) is 5.56 Å². The zero-order chi connectivity index (χ0) is 22.8. The van der Waals surface area contributed by atoms with Gasteiger partial charge < -0.3 is 14.6 Å². The second-order valence-corrected chi connectivity index (χ2v) is 7.71. The van der Waals surface area contributed by atoms with Crippen LogP contribution in [-0.4, -0.2) is 27.4 Å². The molecule has 33 heavy (non-hydrogen) atoms. The van der Waals surface area contributed by atoms with Gasteiger partial charge in [-0.15, -0.1) is 0 Å². The third-order valence-corrected chi connectivity index (χ3v) is 5.63. The number of carbonyl (C=O) groups excluding carboxylic acids is 1. The average molecular weight is 438 g/mol. The molecule has 5 aromatic rings. The molecule has 0 aliphatic rings. The molecule has 3 aromatic carbocycles. The molecule has 5 rings (SSSR count). The van der Waals surface area contributed by atoms with Crippen molar-refractivity contribution in [2.75, 3.05) is 12.4 Å². The van der Waals surface area contributed by atoms with Crippen molar-refractivity contribution < 1.29 is 9.53 Å². The van der Waals surface area contributed by atoms with Gasteiger partial charge in [-0.05, 0) is 23.8 Å². The van der Waals surface area contributed by atoms with Crippen molar-refractivity contribution in [2.24, 2.45) is 0 Å². The van der Waals surface area contributed by atoms with E-state index in [1.165, 1.54) is 11.8 Å². The molecule has 7 heteroatoms. The number of nitrogens with zero attached hydrogens (tertiary/aromatic N) is 3. The van der Waals surface area contributed by atoms with Gasteiger partial charge in [0.15, 0.2) is 0 Å². The van der Waals surface area contributed by atoms with E-state index in [1.807, 2.05) is 65.2 Å². The van der Waals surface area contributed by atoms with Crippen LogP contribution >= 0.6 is 0 Å². The van der Waals surface area contributed by atoms with Gasteiger partial charge in [0.1, 0.15) is 17.8 Å². The number of anilines is 1. The van der Waals surface area contributed by atoms with E-state index < -0.39 is 0 Å². The van der Waals surface area contributed by atoms with Crippen LogP contribution in [0.2, 0.25) is 0 Å². The number of benzene rings is 3. The summed E-state index contributed by atoms with van der Waals surface area (Å²) in [7, 11) is 1.54. The fourth-order valence-electron chi connectivity index (χ4n) is 4.11. The number of fused-ring (bicyclic) bond motifs is 3. The Bertz CT molecular complexity index is 1520. The lowest BCUT2D eigenvalue weighted by atomic mass is 10.2. The number of rotatable bonds is 6. The van der Waals surface area contributed by atoms with Gasteiger partial charge in [0.2, 0.25) is 5.91 Å². The molecule has 0 radical (unpaired) electrons. The van der Waals surface area contributed by atoms with Crippen molar-refractivity contribution in [3.63, 3.8) is 0 Å². The lowest BCUT2D eigenvalue weighted by Gasteiger charge is -2.11. The van der Waals surface area contributed by atoms with Gasteiger partial charge in [-0.3, -0.25) is 9.59 Å². The molecular formula is C26H22N4O3. The van der Waals surface area contributed by atoms with Crippen molar-refractivity contribution in [1.29, 1.82) is 0 Å². The van der Waals surface area contributed by atoms with Crippen LogP contribution < -0.4 is 15.6 Å². The van der Waals surface area contributed by atoms with E-state index in [0.717, 1.165) is 21.9 Å². The number of carbonyl (C=O) groups is 1. The zero-order valence-corrected chi connectivity index (χ0v) is 18.1. The number of ether oxygens (including phenoxy) is 1. The second kappa shape index (κ2) is 8.63. The van der Waals surface area contributed by atoms with E-state index in [2.05, 4.69) is 10.4 Å². The summed E-state index contributed by atoms with van der Waals surface area (Å²) >= 11 is 0. The number of aromatic nitrogens is 3. The van der Waals surface area contributed by atoms with Crippen molar-refractivity contribution in [3.05, 3.63) is 101 Å². The molecule has 0 bridgehead atoms. The Balaban J connectivity index is 1.55. The lowest BCUT2D eigenvalue weighted by molar-refractivity contribution is -0.117. The molecule has 0 aliphatic heterocycles. The highest BCUT2D eigenvalue weighted by molar-refractivity contribution is 6.07. The van der Waals surface area contributed by atoms with E-state index in [-0.39, 0.29) is 18.0 Å². The predicted octanol–water partition coefficient (Wildman–Crippen LogP) is 4.05. The molecule has 7 nitrogen and oxygen atoms in total. The van der Waals surface area contributed by atoms with Gasteiger partial charge in [0.05, 0.1) is 19.0 Å². The van der Waals surface area contributed by atoms with Crippen LogP contribution in [0, 0.1) is 0 Å². The quantitative estimate of drug-likeness (QED) is 0.434. The Kier molecular flexibility index (Phi) is 5.36. The van der Waals surface area contributed by atoms with Crippen LogP contribution in [0.25, 0.3) is 21.8 Å². The first kappa shape index (κ1) is 20.5. The molecule has 0 aliphatic carbocycles. The summed E-state index contributed by atoms with van der Waals surface area (Å²) in [5, 5.41) is 8.82. The highest BCUT2D eigenvalue weighted by atomic mass is 16.5. The van der Waals surface area contributed by atoms with Crippen LogP contribution in [-0.2, 0) is 17.9 Å². The van der Waals surface area contributed by atoms with Crippen LogP contribution in [0.4, 0.5) is 5.69 Å². The largest absolute Gasteiger partial charge is 0.495 e. The van der Waals surface area contributed by atoms with Crippen molar-refractivity contribution in [1.82, 2.24) is 14.3 Å². The number of hydrogen-bond donors (Lipinski definition) is 1. The molecule has 2 heterocycles. The standard InChI is InChI=1S/C26H22N4O3/c1-33-23-14-8-6-12-21(23)28-24(31)17-30-26(32)25-20(15-27-30)19-11-5-7-13-22(19)29(25)16-18-9-3-2-4-10-18/h2-15H,16-17H2,1H3,(H,28,31). The highest BCUT2D eigenvalue weighted by Gasteiger charge is 2.17. The van der Waals surface area contributed by atoms with Gasteiger partial charge in [0, 0.05) is 22.8 Å². The summed E-state index contributed by atoms with van der Waals surface area (Å²) in [6, 6.07) is 25.0. The molecule has 164 valence electrons. The fourth-order valence-corrected chi connectivity index (χ4v) is 4.11. The minimum Gasteiger partial charge on any atom is -0.495 e. The van der Waals surface area contributed by atoms with Crippen molar-refractivity contribution in [3.8, 4) is 5.75 Å². The first-order valence-electron chi connectivity index (χ1n) is 10.6. The SMILES string of the molecule is COc1ccccc1NC(=O)Cn1ncc2c3ccccc3n(Cc3ccccc3)c2c1=O. The van der Waals surface area contributed by atoms with Gasteiger partial charge in [0.25, 0.3) is 5.56 Å². The molecule has 2 aromatic heterocycles. The number of amides is 1. The minimum absolute atomic E-state index is 0.209. The van der Waals surface area contributed by atoms with E-state index in [1.54, 1.807) is 24.4 Å².